The van der Waals surface area contributed by atoms with Crippen molar-refractivity contribution in [3.05, 3.63) is 58.9 Å². The van der Waals surface area contributed by atoms with Crippen LogP contribution in [0.15, 0.2) is 58.3 Å². The van der Waals surface area contributed by atoms with E-state index in [4.69, 9.17) is 21.8 Å². The van der Waals surface area contributed by atoms with Crippen molar-refractivity contribution in [3.8, 4) is 22.6 Å². The minimum absolute atomic E-state index is 0.525. The van der Waals surface area contributed by atoms with E-state index in [1.54, 1.807) is 0 Å². The van der Waals surface area contributed by atoms with Gasteiger partial charge in [-0.3, -0.25) is 0 Å². The lowest BCUT2D eigenvalue weighted by molar-refractivity contribution is 0.630. The number of aromatic nitrogens is 1. The lowest BCUT2D eigenvalue weighted by Gasteiger charge is -2.02. The number of anilines is 1. The van der Waals surface area contributed by atoms with Crippen LogP contribution in [0.1, 0.15) is 0 Å². The number of benzene rings is 2. The molecule has 108 valence electrons. The van der Waals surface area contributed by atoms with E-state index in [1.807, 2.05) is 53.9 Å². The van der Waals surface area contributed by atoms with Crippen molar-refractivity contribution in [1.82, 2.24) is 4.98 Å². The molecule has 3 nitrogen and oxygen atoms in total. The van der Waals surface area contributed by atoms with Crippen LogP contribution in [0.5, 0.6) is 0 Å². The predicted octanol–water partition coefficient (Wildman–Crippen LogP) is 5.46. The third-order valence-electron chi connectivity index (χ3n) is 3.48. The van der Waals surface area contributed by atoms with Crippen molar-refractivity contribution in [1.29, 1.82) is 0 Å². The Hall–Kier alpha value is -2.30. The summed E-state index contributed by atoms with van der Waals surface area (Å²) in [4.78, 5) is 4.36. The van der Waals surface area contributed by atoms with Crippen molar-refractivity contribution in [2.24, 2.45) is 0 Å². The van der Waals surface area contributed by atoms with Crippen LogP contribution in [0.3, 0.4) is 0 Å². The highest BCUT2D eigenvalue weighted by atomic mass is 35.5. The van der Waals surface area contributed by atoms with Gasteiger partial charge in [-0.15, -0.1) is 11.3 Å². The zero-order valence-electron chi connectivity index (χ0n) is 11.4. The van der Waals surface area contributed by atoms with E-state index < -0.39 is 0 Å². The maximum absolute atomic E-state index is 6.04. The topological polar surface area (TPSA) is 52.0 Å². The number of nitrogens with zero attached hydrogens (tertiary/aromatic N) is 1. The molecule has 2 aromatic heterocycles. The normalized spacial score (nSPS) is 11.1. The van der Waals surface area contributed by atoms with Gasteiger partial charge in [0.25, 0.3) is 0 Å². The SMILES string of the molecule is Nc1nc(-c2oc3ccccc3c2-c2ccc(Cl)cc2)cs1. The summed E-state index contributed by atoms with van der Waals surface area (Å²) < 4.78 is 6.04. The lowest BCUT2D eigenvalue weighted by atomic mass is 10.0. The first-order valence-corrected chi connectivity index (χ1v) is 7.97. The average Bonchev–Trinajstić information content (AvgIpc) is 3.11. The van der Waals surface area contributed by atoms with Gasteiger partial charge in [0, 0.05) is 21.4 Å². The fraction of sp³-hybridized carbons (Fsp3) is 0. The van der Waals surface area contributed by atoms with Gasteiger partial charge in [-0.1, -0.05) is 41.9 Å². The highest BCUT2D eigenvalue weighted by Gasteiger charge is 2.19. The van der Waals surface area contributed by atoms with E-state index in [0.29, 0.717) is 10.2 Å². The Labute approximate surface area is 136 Å². The van der Waals surface area contributed by atoms with Crippen LogP contribution in [-0.2, 0) is 0 Å². The number of halogens is 1. The minimum atomic E-state index is 0.525. The third kappa shape index (κ3) is 2.17. The summed E-state index contributed by atoms with van der Waals surface area (Å²) in [7, 11) is 0. The maximum atomic E-state index is 6.04. The van der Waals surface area contributed by atoms with Crippen molar-refractivity contribution in [2.45, 2.75) is 0 Å². The monoisotopic (exact) mass is 326 g/mol. The molecule has 2 N–H and O–H groups in total. The number of fused-ring (bicyclic) bond motifs is 1. The fourth-order valence-corrected chi connectivity index (χ4v) is 3.19. The molecule has 0 aliphatic rings. The van der Waals surface area contributed by atoms with Gasteiger partial charge in [0.2, 0.25) is 0 Å². The third-order valence-corrected chi connectivity index (χ3v) is 4.41. The van der Waals surface area contributed by atoms with Crippen LogP contribution < -0.4 is 5.73 Å². The van der Waals surface area contributed by atoms with E-state index in [2.05, 4.69) is 4.98 Å². The highest BCUT2D eigenvalue weighted by Crippen LogP contribution is 2.41. The minimum Gasteiger partial charge on any atom is -0.454 e. The van der Waals surface area contributed by atoms with Crippen LogP contribution in [0.25, 0.3) is 33.6 Å². The summed E-state index contributed by atoms with van der Waals surface area (Å²) in [6, 6.07) is 15.7. The molecule has 0 radical (unpaired) electrons. The zero-order valence-corrected chi connectivity index (χ0v) is 13.0. The molecule has 4 rings (SSSR count). The van der Waals surface area contributed by atoms with Crippen LogP contribution in [0.4, 0.5) is 5.13 Å². The summed E-state index contributed by atoms with van der Waals surface area (Å²) in [6.45, 7) is 0. The summed E-state index contributed by atoms with van der Waals surface area (Å²) >= 11 is 7.40. The van der Waals surface area contributed by atoms with Gasteiger partial charge in [-0.25, -0.2) is 4.98 Å². The predicted molar refractivity (Wildman–Crippen MR) is 92.2 cm³/mol. The zero-order chi connectivity index (χ0) is 15.1. The number of hydrogen-bond donors (Lipinski definition) is 1. The van der Waals surface area contributed by atoms with E-state index in [0.717, 1.165) is 33.6 Å². The van der Waals surface area contributed by atoms with Gasteiger partial charge < -0.3 is 10.2 Å². The second kappa shape index (κ2) is 5.16. The first kappa shape index (κ1) is 13.4. The second-order valence-corrected chi connectivity index (χ2v) is 6.21. The number of hydrogen-bond acceptors (Lipinski definition) is 4. The number of furan rings is 1. The number of thiazole rings is 1. The van der Waals surface area contributed by atoms with Gasteiger partial charge in [-0.2, -0.15) is 0 Å². The molecule has 5 heteroatoms. The number of nitrogens with two attached hydrogens (primary N) is 1. The van der Waals surface area contributed by atoms with Crippen molar-refractivity contribution >= 4 is 39.0 Å². The number of para-hydroxylation sites is 1. The van der Waals surface area contributed by atoms with Crippen LogP contribution in [0.2, 0.25) is 5.02 Å². The molecule has 0 atom stereocenters. The van der Waals surface area contributed by atoms with Crippen LogP contribution in [0, 0.1) is 0 Å². The van der Waals surface area contributed by atoms with Crippen LogP contribution >= 0.6 is 22.9 Å². The smallest absolute Gasteiger partial charge is 0.180 e. The Balaban J connectivity index is 2.03. The van der Waals surface area contributed by atoms with E-state index >= 15 is 0 Å². The Bertz CT molecular complexity index is 956. The van der Waals surface area contributed by atoms with Gasteiger partial charge in [0.05, 0.1) is 0 Å². The molecule has 22 heavy (non-hydrogen) atoms. The van der Waals surface area contributed by atoms with Gasteiger partial charge >= 0.3 is 0 Å². The molecule has 0 saturated heterocycles. The Morgan fingerprint density at radius 3 is 2.55 bits per heavy atom. The summed E-state index contributed by atoms with van der Waals surface area (Å²) in [5.74, 6) is 0.733. The largest absolute Gasteiger partial charge is 0.454 e. The lowest BCUT2D eigenvalue weighted by Crippen LogP contribution is -1.84. The highest BCUT2D eigenvalue weighted by molar-refractivity contribution is 7.13. The summed E-state index contributed by atoms with van der Waals surface area (Å²) in [5.41, 5.74) is 9.40. The van der Waals surface area contributed by atoms with Crippen molar-refractivity contribution in [2.75, 3.05) is 5.73 Å². The van der Waals surface area contributed by atoms with Crippen molar-refractivity contribution < 1.29 is 4.42 Å². The van der Waals surface area contributed by atoms with E-state index in [-0.39, 0.29) is 0 Å². The second-order valence-electron chi connectivity index (χ2n) is 4.88. The number of nitrogen functional groups attached to an aromatic ring is 1. The molecule has 0 spiro atoms. The molecule has 0 fully saturated rings. The molecule has 0 unspecified atom stereocenters. The molecule has 4 aromatic rings. The number of rotatable bonds is 2. The van der Waals surface area contributed by atoms with E-state index in [9.17, 15) is 0 Å². The van der Waals surface area contributed by atoms with E-state index in [1.165, 1.54) is 11.3 Å². The molecule has 2 aromatic carbocycles. The van der Waals surface area contributed by atoms with Crippen LogP contribution in [-0.4, -0.2) is 4.98 Å². The molecule has 0 amide bonds. The first-order chi connectivity index (χ1) is 10.7. The van der Waals surface area contributed by atoms with Gasteiger partial charge in [0.1, 0.15) is 11.3 Å². The van der Waals surface area contributed by atoms with Gasteiger partial charge in [-0.05, 0) is 23.8 Å². The maximum Gasteiger partial charge on any atom is 0.180 e. The van der Waals surface area contributed by atoms with Gasteiger partial charge in [0.15, 0.2) is 10.9 Å². The first-order valence-electron chi connectivity index (χ1n) is 6.71. The Morgan fingerprint density at radius 1 is 1.05 bits per heavy atom. The Morgan fingerprint density at radius 2 is 1.82 bits per heavy atom. The van der Waals surface area contributed by atoms with Crippen molar-refractivity contribution in [3.63, 3.8) is 0 Å². The average molecular weight is 327 g/mol. The molecular formula is C17H11ClN2OS. The quantitative estimate of drug-likeness (QED) is 0.532. The molecule has 0 aliphatic heterocycles. The standard InChI is InChI=1S/C17H11ClN2OS/c18-11-7-5-10(6-8-11)15-12-3-1-2-4-14(12)21-16(15)13-9-22-17(19)20-13/h1-9H,(H2,19,20). The molecule has 0 aliphatic carbocycles. The molecule has 0 bridgehead atoms. The summed E-state index contributed by atoms with van der Waals surface area (Å²) in [6.07, 6.45) is 0. The summed E-state index contributed by atoms with van der Waals surface area (Å²) in [5, 5.41) is 4.19. The molecular weight excluding hydrogens is 316 g/mol. The Kier molecular flexibility index (Phi) is 3.13. The molecule has 0 saturated carbocycles. The fourth-order valence-electron chi connectivity index (χ4n) is 2.52. The molecule has 2 heterocycles.